The Kier molecular flexibility index (Phi) is 2.78. The maximum Gasteiger partial charge on any atom is 0.240 e. The summed E-state index contributed by atoms with van der Waals surface area (Å²) in [5.41, 5.74) is 6.85. The molecule has 5 heteroatoms. The van der Waals surface area contributed by atoms with E-state index in [2.05, 4.69) is 10.6 Å². The Bertz CT molecular complexity index is 525. The van der Waals surface area contributed by atoms with Crippen molar-refractivity contribution in [2.45, 2.75) is 24.9 Å². The van der Waals surface area contributed by atoms with Crippen LogP contribution in [-0.4, -0.2) is 23.8 Å². The molecule has 0 bridgehead atoms. The third-order valence-corrected chi connectivity index (χ3v) is 4.16. The Balaban J connectivity index is 1.57. The second-order valence-corrected chi connectivity index (χ2v) is 5.38. The fraction of sp³-hybridized carbons (Fsp3) is 0.429. The van der Waals surface area contributed by atoms with Gasteiger partial charge >= 0.3 is 0 Å². The predicted molar refractivity (Wildman–Crippen MR) is 72.8 cm³/mol. The summed E-state index contributed by atoms with van der Waals surface area (Å²) in [6.45, 7) is 1.47. The third kappa shape index (κ3) is 2.10. The van der Waals surface area contributed by atoms with Crippen LogP contribution < -0.4 is 16.4 Å². The number of nitrogens with one attached hydrogen (secondary N) is 3. The molecule has 1 aromatic carbocycles. The molecule has 19 heavy (non-hydrogen) atoms. The van der Waals surface area contributed by atoms with Crippen molar-refractivity contribution in [2.75, 3.05) is 6.54 Å². The SMILES string of the molecule is N=C(N)c1ccc(CNC(=O)[C@]23C[C@H]2CCN3)cc1. The molecule has 2 atom stereocenters. The minimum absolute atomic E-state index is 0.0606. The molecular formula is C14H18N4O. The van der Waals surface area contributed by atoms with Crippen LogP contribution in [0.1, 0.15) is 24.0 Å². The molecule has 1 aliphatic heterocycles. The topological polar surface area (TPSA) is 91.0 Å². The van der Waals surface area contributed by atoms with E-state index in [0.717, 1.165) is 24.9 Å². The van der Waals surface area contributed by atoms with Crippen molar-refractivity contribution in [1.29, 1.82) is 5.41 Å². The number of hydrogen-bond donors (Lipinski definition) is 4. The minimum atomic E-state index is -0.265. The third-order valence-electron chi connectivity index (χ3n) is 4.16. The van der Waals surface area contributed by atoms with Crippen molar-refractivity contribution in [2.24, 2.45) is 11.7 Å². The standard InChI is InChI=1S/C14H18N4O/c15-12(16)10-3-1-9(2-4-10)8-17-13(19)14-7-11(14)5-6-18-14/h1-4,11,18H,5-8H2,(H3,15,16)(H,17,19)/t11-,14+/m1/s1. The number of nitrogen functional groups attached to an aromatic ring is 1. The van der Waals surface area contributed by atoms with Gasteiger partial charge in [-0.25, -0.2) is 0 Å². The molecule has 3 rings (SSSR count). The largest absolute Gasteiger partial charge is 0.384 e. The highest BCUT2D eigenvalue weighted by atomic mass is 16.2. The molecule has 5 N–H and O–H groups in total. The van der Waals surface area contributed by atoms with Gasteiger partial charge in [-0.2, -0.15) is 0 Å². The summed E-state index contributed by atoms with van der Waals surface area (Å²) in [6.07, 6.45) is 2.09. The average Bonchev–Trinajstić information content (AvgIpc) is 2.99. The van der Waals surface area contributed by atoms with Gasteiger partial charge in [0.05, 0.1) is 0 Å². The van der Waals surface area contributed by atoms with Gasteiger partial charge in [0.1, 0.15) is 11.4 Å². The number of carbonyl (C=O) groups is 1. The van der Waals surface area contributed by atoms with E-state index in [0.29, 0.717) is 18.0 Å². The molecule has 1 aliphatic carbocycles. The van der Waals surface area contributed by atoms with Gasteiger partial charge in [-0.3, -0.25) is 10.2 Å². The van der Waals surface area contributed by atoms with Crippen LogP contribution in [0.15, 0.2) is 24.3 Å². The number of rotatable bonds is 4. The van der Waals surface area contributed by atoms with Crippen LogP contribution >= 0.6 is 0 Å². The van der Waals surface area contributed by atoms with E-state index in [1.807, 2.05) is 12.1 Å². The molecule has 100 valence electrons. The number of hydrogen-bond acceptors (Lipinski definition) is 3. The van der Waals surface area contributed by atoms with E-state index in [9.17, 15) is 4.79 Å². The van der Waals surface area contributed by atoms with Gasteiger partial charge in [0.25, 0.3) is 0 Å². The molecule has 2 aliphatic rings. The van der Waals surface area contributed by atoms with Crippen molar-refractivity contribution < 1.29 is 4.79 Å². The van der Waals surface area contributed by atoms with E-state index in [1.54, 1.807) is 12.1 Å². The molecule has 0 unspecified atom stereocenters. The first-order chi connectivity index (χ1) is 9.12. The van der Waals surface area contributed by atoms with Gasteiger partial charge in [0.2, 0.25) is 5.91 Å². The van der Waals surface area contributed by atoms with Crippen LogP contribution in [0.25, 0.3) is 0 Å². The van der Waals surface area contributed by atoms with Crippen LogP contribution in [0.4, 0.5) is 0 Å². The quantitative estimate of drug-likeness (QED) is 0.463. The van der Waals surface area contributed by atoms with Crippen LogP contribution in [0.3, 0.4) is 0 Å². The Labute approximate surface area is 112 Å². The Morgan fingerprint density at radius 2 is 2.21 bits per heavy atom. The van der Waals surface area contributed by atoms with Gasteiger partial charge in [-0.1, -0.05) is 24.3 Å². The van der Waals surface area contributed by atoms with Crippen molar-refractivity contribution >= 4 is 11.7 Å². The summed E-state index contributed by atoms with van der Waals surface area (Å²) in [6, 6.07) is 7.38. The van der Waals surface area contributed by atoms with Crippen LogP contribution in [-0.2, 0) is 11.3 Å². The first-order valence-electron chi connectivity index (χ1n) is 6.58. The van der Waals surface area contributed by atoms with Crippen molar-refractivity contribution in [3.05, 3.63) is 35.4 Å². The van der Waals surface area contributed by atoms with E-state index in [1.165, 1.54) is 0 Å². The lowest BCUT2D eigenvalue weighted by molar-refractivity contribution is -0.124. The smallest absolute Gasteiger partial charge is 0.240 e. The summed E-state index contributed by atoms with van der Waals surface area (Å²) in [5, 5.41) is 13.6. The molecule has 1 saturated carbocycles. The molecule has 0 aromatic heterocycles. The predicted octanol–water partition coefficient (Wildman–Crippen LogP) is 0.339. The highest BCUT2D eigenvalue weighted by molar-refractivity contribution is 5.95. The average molecular weight is 258 g/mol. The van der Waals surface area contributed by atoms with Gasteiger partial charge in [-0.15, -0.1) is 0 Å². The normalized spacial score (nSPS) is 27.7. The lowest BCUT2D eigenvalue weighted by atomic mass is 10.1. The van der Waals surface area contributed by atoms with Crippen LogP contribution in [0, 0.1) is 11.3 Å². The van der Waals surface area contributed by atoms with Crippen molar-refractivity contribution in [1.82, 2.24) is 10.6 Å². The second kappa shape index (κ2) is 4.35. The summed E-state index contributed by atoms with van der Waals surface area (Å²) in [4.78, 5) is 12.1. The summed E-state index contributed by atoms with van der Waals surface area (Å²) < 4.78 is 0. The molecule has 5 nitrogen and oxygen atoms in total. The Hall–Kier alpha value is -1.88. The molecule has 2 fully saturated rings. The Morgan fingerprint density at radius 1 is 1.47 bits per heavy atom. The van der Waals surface area contributed by atoms with Gasteiger partial charge < -0.3 is 16.4 Å². The molecular weight excluding hydrogens is 240 g/mol. The fourth-order valence-electron chi connectivity index (χ4n) is 2.86. The number of amidine groups is 1. The lowest BCUT2D eigenvalue weighted by Gasteiger charge is -2.14. The maximum absolute atomic E-state index is 12.1. The first-order valence-corrected chi connectivity index (χ1v) is 6.58. The molecule has 1 heterocycles. The number of benzene rings is 1. The molecule has 1 amide bonds. The molecule has 1 saturated heterocycles. The zero-order chi connectivity index (χ0) is 13.5. The number of nitrogens with two attached hydrogens (primary N) is 1. The highest BCUT2D eigenvalue weighted by Crippen LogP contribution is 2.49. The minimum Gasteiger partial charge on any atom is -0.384 e. The van der Waals surface area contributed by atoms with Crippen LogP contribution in [0.2, 0.25) is 0 Å². The Morgan fingerprint density at radius 3 is 2.74 bits per heavy atom. The monoisotopic (exact) mass is 258 g/mol. The molecule has 0 radical (unpaired) electrons. The zero-order valence-corrected chi connectivity index (χ0v) is 10.7. The fourth-order valence-corrected chi connectivity index (χ4v) is 2.86. The first kappa shape index (κ1) is 12.2. The molecule has 0 spiro atoms. The number of amides is 1. The van der Waals surface area contributed by atoms with E-state index in [4.69, 9.17) is 11.1 Å². The number of piperidine rings is 1. The maximum atomic E-state index is 12.1. The molecule has 1 aromatic rings. The van der Waals surface area contributed by atoms with E-state index >= 15 is 0 Å². The zero-order valence-electron chi connectivity index (χ0n) is 10.7. The summed E-state index contributed by atoms with van der Waals surface area (Å²) in [7, 11) is 0. The van der Waals surface area contributed by atoms with Gasteiger partial charge in [-0.05, 0) is 30.9 Å². The number of fused-ring (bicyclic) bond motifs is 1. The lowest BCUT2D eigenvalue weighted by Crippen LogP contribution is -2.44. The van der Waals surface area contributed by atoms with E-state index in [-0.39, 0.29) is 17.3 Å². The summed E-state index contributed by atoms with van der Waals surface area (Å²) >= 11 is 0. The van der Waals surface area contributed by atoms with E-state index < -0.39 is 0 Å². The van der Waals surface area contributed by atoms with Gasteiger partial charge in [0, 0.05) is 12.1 Å². The highest BCUT2D eigenvalue weighted by Gasteiger charge is 2.62. The number of carbonyl (C=O) groups excluding carboxylic acids is 1. The second-order valence-electron chi connectivity index (χ2n) is 5.38. The summed E-state index contributed by atoms with van der Waals surface area (Å²) in [5.74, 6) is 0.712. The van der Waals surface area contributed by atoms with Crippen molar-refractivity contribution in [3.8, 4) is 0 Å². The van der Waals surface area contributed by atoms with Crippen molar-refractivity contribution in [3.63, 3.8) is 0 Å². The van der Waals surface area contributed by atoms with Crippen LogP contribution in [0.5, 0.6) is 0 Å². The van der Waals surface area contributed by atoms with Gasteiger partial charge in [0.15, 0.2) is 0 Å².